The Kier molecular flexibility index (Phi) is 16.7. The van der Waals surface area contributed by atoms with Gasteiger partial charge in [-0.15, -0.1) is 22.7 Å². The van der Waals surface area contributed by atoms with Gasteiger partial charge < -0.3 is 19.6 Å². The van der Waals surface area contributed by atoms with Gasteiger partial charge in [0.05, 0.1) is 13.8 Å². The first-order valence-corrected chi connectivity index (χ1v) is 43.1. The average Bonchev–Trinajstić information content (AvgIpc) is 1.52. The van der Waals surface area contributed by atoms with Crippen molar-refractivity contribution in [1.29, 1.82) is 0 Å². The molecule has 0 saturated carbocycles. The number of anilines is 12. The SMILES string of the molecule is CC1(C)c2cc(N(c3ccccc3)c3ccccc3)ccc2-c2sc3c(c21)C(C)(C)c1cc(N(c2ccccc2)c2ccc([Si](C)(C)C)cc2)ccc1-3.CC1(C)c2cc(N(c3ccccc3)c3ccccc3)ccc2-c2sc3c(c21)C(C)(C)c1cc(N(c2ccccc2)c2ccccc2-c2ccccc2)ccc1-3. The predicted octanol–water partition coefficient (Wildman–Crippen LogP) is 28.8. The van der Waals surface area contributed by atoms with Crippen LogP contribution in [0.5, 0.6) is 0 Å². The molecule has 19 rings (SSSR count). The van der Waals surface area contributed by atoms with Gasteiger partial charge in [0.1, 0.15) is 0 Å². The van der Waals surface area contributed by atoms with Crippen molar-refractivity contribution >= 4 is 104 Å². The van der Waals surface area contributed by atoms with Gasteiger partial charge in [0.15, 0.2) is 0 Å². The molecule has 0 spiro atoms. The summed E-state index contributed by atoms with van der Waals surface area (Å²) in [6.45, 7) is 26.8. The van der Waals surface area contributed by atoms with Crippen LogP contribution >= 0.6 is 22.7 Å². The van der Waals surface area contributed by atoms with Gasteiger partial charge in [0.25, 0.3) is 0 Å². The van der Waals surface area contributed by atoms with Gasteiger partial charge in [0.2, 0.25) is 0 Å². The van der Waals surface area contributed by atoms with Gasteiger partial charge in [-0.05, 0) is 212 Å². The van der Waals surface area contributed by atoms with Crippen LogP contribution in [-0.2, 0) is 21.7 Å². The zero-order valence-corrected chi connectivity index (χ0v) is 66.0. The van der Waals surface area contributed by atoms with Crippen LogP contribution in [0.25, 0.3) is 52.9 Å². The summed E-state index contributed by atoms with van der Waals surface area (Å²) in [4.78, 5) is 15.3. The van der Waals surface area contributed by atoms with Crippen molar-refractivity contribution < 1.29 is 0 Å². The van der Waals surface area contributed by atoms with Crippen molar-refractivity contribution in [3.8, 4) is 52.9 Å². The number of hydrogen-bond donors (Lipinski definition) is 0. The fourth-order valence-electron chi connectivity index (χ4n) is 18.0. The maximum atomic E-state index is 2.47. The molecule has 15 aromatic rings. The minimum Gasteiger partial charge on any atom is -0.310 e. The zero-order chi connectivity index (χ0) is 74.0. The van der Waals surface area contributed by atoms with Crippen LogP contribution in [0.3, 0.4) is 0 Å². The van der Waals surface area contributed by atoms with Crippen molar-refractivity contribution in [2.45, 2.75) is 96.7 Å². The van der Waals surface area contributed by atoms with Crippen LogP contribution in [0, 0.1) is 0 Å². The smallest absolute Gasteiger partial charge is 0.0775 e. The summed E-state index contributed by atoms with van der Waals surface area (Å²) in [6.07, 6.45) is 0. The van der Waals surface area contributed by atoms with E-state index in [0.29, 0.717) is 0 Å². The quantitative estimate of drug-likeness (QED) is 0.101. The largest absolute Gasteiger partial charge is 0.310 e. The average molecular weight is 1450 g/mol. The molecular weight excluding hydrogens is 1360 g/mol. The molecule has 7 heteroatoms. The monoisotopic (exact) mass is 1450 g/mol. The van der Waals surface area contributed by atoms with Crippen molar-refractivity contribution in [3.63, 3.8) is 0 Å². The standard InChI is InChI=1S/C52H42N2S.C49H46N2SSi/c1-51(2)44-33-39(53(36-21-11-6-12-22-36)37-23-13-7-14-24-37)29-31-42(44)49-47(51)48-50(55-49)43-32-30-40(34-45(43)52(48,3)4)54(38-25-15-8-16-26-38)46-28-18-17-27-41(46)35-19-9-5-10-20-35;1-48(2)42-31-37(50(33-17-11-8-12-18-33)34-19-13-9-14-20-34)25-29-40(42)46-44(48)45-47(52-46)41-30-26-38(32-43(41)49(45,3)4)51(35-21-15-10-16-22-35)36-23-27-39(28-24-36)53(5,6)7/h5-34H,1-4H3;8-32H,1-7H3. The maximum Gasteiger partial charge on any atom is 0.0775 e. The van der Waals surface area contributed by atoms with Crippen LogP contribution in [0.2, 0.25) is 19.6 Å². The summed E-state index contributed by atoms with van der Waals surface area (Å²) in [6, 6.07) is 122. The van der Waals surface area contributed by atoms with E-state index in [4.69, 9.17) is 0 Å². The van der Waals surface area contributed by atoms with E-state index < -0.39 is 8.07 Å². The van der Waals surface area contributed by atoms with Crippen LogP contribution in [-0.4, -0.2) is 8.07 Å². The number of hydrogen-bond acceptors (Lipinski definition) is 6. The third kappa shape index (κ3) is 11.3. The van der Waals surface area contributed by atoms with Crippen molar-refractivity contribution in [1.82, 2.24) is 0 Å². The highest BCUT2D eigenvalue weighted by Gasteiger charge is 2.51. The molecule has 4 nitrogen and oxygen atoms in total. The van der Waals surface area contributed by atoms with Gasteiger partial charge in [-0.2, -0.15) is 0 Å². The summed E-state index contributed by atoms with van der Waals surface area (Å²) in [5.74, 6) is 0. The summed E-state index contributed by atoms with van der Waals surface area (Å²) in [5.41, 5.74) is 32.8. The van der Waals surface area contributed by atoms with Crippen LogP contribution in [0.4, 0.5) is 68.2 Å². The Hall–Kier alpha value is -11.3. The lowest BCUT2D eigenvalue weighted by Gasteiger charge is -2.31. The number of benzene rings is 13. The van der Waals surface area contributed by atoms with Crippen molar-refractivity contribution in [2.24, 2.45) is 0 Å². The van der Waals surface area contributed by atoms with Crippen LogP contribution < -0.4 is 24.8 Å². The molecule has 0 fully saturated rings. The molecule has 0 unspecified atom stereocenters. The second kappa shape index (κ2) is 26.3. The molecule has 0 radical (unpaired) electrons. The molecule has 2 heterocycles. The van der Waals surface area contributed by atoms with E-state index in [1.54, 1.807) is 0 Å². The molecule has 4 aliphatic rings. The summed E-state index contributed by atoms with van der Waals surface area (Å²) in [7, 11) is -1.42. The second-order valence-corrected chi connectivity index (χ2v) is 39.6. The Morgan fingerprint density at radius 2 is 0.454 bits per heavy atom. The molecular formula is C101H88N4S2Si. The van der Waals surface area contributed by atoms with Crippen molar-refractivity contribution in [3.05, 3.63) is 378 Å². The highest BCUT2D eigenvalue weighted by atomic mass is 32.1. The maximum absolute atomic E-state index is 2.47. The third-order valence-electron chi connectivity index (χ3n) is 23.3. The van der Waals surface area contributed by atoms with Crippen LogP contribution in [0.1, 0.15) is 99.9 Å². The highest BCUT2D eigenvalue weighted by molar-refractivity contribution is 7.20. The lowest BCUT2D eigenvalue weighted by molar-refractivity contribution is 0.603. The first kappa shape index (κ1) is 68.5. The molecule has 13 aromatic carbocycles. The van der Waals surface area contributed by atoms with E-state index in [1.165, 1.54) is 142 Å². The van der Waals surface area contributed by atoms with E-state index >= 15 is 0 Å². The number of thiophene rings is 2. The molecule has 0 atom stereocenters. The molecule has 0 bridgehead atoms. The molecule has 0 saturated heterocycles. The summed E-state index contributed by atoms with van der Waals surface area (Å²) >= 11 is 3.98. The van der Waals surface area contributed by atoms with E-state index in [-0.39, 0.29) is 21.7 Å². The topological polar surface area (TPSA) is 13.0 Å². The lowest BCUT2D eigenvalue weighted by Crippen LogP contribution is -2.37. The van der Waals surface area contributed by atoms with Crippen molar-refractivity contribution in [2.75, 3.05) is 19.6 Å². The fraction of sp³-hybridized carbons (Fsp3) is 0.149. The minimum absolute atomic E-state index is 0.153. The Bertz CT molecular complexity index is 5820. The van der Waals surface area contributed by atoms with Gasteiger partial charge in [0, 0.05) is 109 Å². The number of fused-ring (bicyclic) bond motifs is 14. The fourth-order valence-corrected chi connectivity index (χ4v) is 22.5. The number of rotatable bonds is 14. The van der Waals surface area contributed by atoms with Gasteiger partial charge in [-0.3, -0.25) is 0 Å². The van der Waals surface area contributed by atoms with E-state index in [0.717, 1.165) is 28.4 Å². The molecule has 2 aromatic heterocycles. The van der Waals surface area contributed by atoms with Gasteiger partial charge >= 0.3 is 0 Å². The summed E-state index contributed by atoms with van der Waals surface area (Å²) < 4.78 is 0. The van der Waals surface area contributed by atoms with E-state index in [1.807, 2.05) is 22.7 Å². The predicted molar refractivity (Wildman–Crippen MR) is 466 cm³/mol. The first-order valence-electron chi connectivity index (χ1n) is 38.0. The first-order chi connectivity index (χ1) is 52.3. The highest BCUT2D eigenvalue weighted by Crippen LogP contribution is 2.67. The third-order valence-corrected chi connectivity index (χ3v) is 27.9. The normalized spacial score (nSPS) is 14.4. The molecule has 528 valence electrons. The molecule has 0 N–H and O–H groups in total. The van der Waals surface area contributed by atoms with E-state index in [2.05, 4.69) is 428 Å². The Morgan fingerprint density at radius 1 is 0.222 bits per heavy atom. The lowest BCUT2D eigenvalue weighted by atomic mass is 9.74. The van der Waals surface area contributed by atoms with Crippen LogP contribution in [0.15, 0.2) is 334 Å². The second-order valence-electron chi connectivity index (χ2n) is 32.5. The molecule has 0 amide bonds. The van der Waals surface area contributed by atoms with Gasteiger partial charge in [-0.1, -0.05) is 274 Å². The Morgan fingerprint density at radius 3 is 0.741 bits per heavy atom. The molecule has 4 aliphatic carbocycles. The zero-order valence-electron chi connectivity index (χ0n) is 63.4. The number of para-hydroxylation sites is 7. The van der Waals surface area contributed by atoms with E-state index in [9.17, 15) is 0 Å². The Labute approximate surface area is 646 Å². The molecule has 108 heavy (non-hydrogen) atoms. The Balaban J connectivity index is 0.000000152. The number of nitrogens with zero attached hydrogens (tertiary/aromatic N) is 4. The van der Waals surface area contributed by atoms with Gasteiger partial charge in [-0.25, -0.2) is 0 Å². The summed E-state index contributed by atoms with van der Waals surface area (Å²) in [5, 5.41) is 1.48. The minimum atomic E-state index is -1.42. The molecule has 0 aliphatic heterocycles.